The third kappa shape index (κ3) is 6.58. The highest BCUT2D eigenvalue weighted by atomic mass is 32.1. The molecule has 1 aromatic heterocycles. The maximum absolute atomic E-state index is 12.1. The van der Waals surface area contributed by atoms with E-state index in [9.17, 15) is 4.79 Å². The summed E-state index contributed by atoms with van der Waals surface area (Å²) in [6.07, 6.45) is 5.78. The van der Waals surface area contributed by atoms with Gasteiger partial charge in [0.25, 0.3) is 0 Å². The number of carbonyl (C=O) groups is 1. The number of carbonyl (C=O) groups excluding carboxylic acids is 1. The number of aromatic nitrogens is 1. The van der Waals surface area contributed by atoms with Gasteiger partial charge in [-0.05, 0) is 42.3 Å². The summed E-state index contributed by atoms with van der Waals surface area (Å²) in [7, 11) is 0. The summed E-state index contributed by atoms with van der Waals surface area (Å²) in [4.78, 5) is 18.3. The highest BCUT2D eigenvalue weighted by Gasteiger charge is 2.17. The fourth-order valence-electron chi connectivity index (χ4n) is 3.08. The molecule has 1 aliphatic heterocycles. The monoisotopic (exact) mass is 398 g/mol. The highest BCUT2D eigenvalue weighted by Crippen LogP contribution is 2.11. The fraction of sp³-hybridized carbons (Fsp3) is 0.381. The predicted octanol–water partition coefficient (Wildman–Crippen LogP) is 2.25. The van der Waals surface area contributed by atoms with Crippen molar-refractivity contribution in [1.82, 2.24) is 20.5 Å². The number of ether oxygens (including phenoxy) is 1. The number of thiocarbonyl (C=S) groups is 1. The number of hydrogen-bond acceptors (Lipinski definition) is 4. The van der Waals surface area contributed by atoms with E-state index in [1.165, 1.54) is 0 Å². The minimum absolute atomic E-state index is 0.0844. The molecule has 1 atom stereocenters. The number of hydrogen-bond donors (Lipinski definition) is 2. The molecule has 1 aliphatic rings. The van der Waals surface area contributed by atoms with Crippen LogP contribution in [0.15, 0.2) is 54.9 Å². The molecule has 28 heavy (non-hydrogen) atoms. The minimum Gasteiger partial charge on any atom is -0.376 e. The molecular weight excluding hydrogens is 372 g/mol. The van der Waals surface area contributed by atoms with Gasteiger partial charge in [-0.2, -0.15) is 0 Å². The lowest BCUT2D eigenvalue weighted by Crippen LogP contribution is -2.44. The first-order valence-corrected chi connectivity index (χ1v) is 9.95. The van der Waals surface area contributed by atoms with E-state index in [0.29, 0.717) is 24.7 Å². The Balaban J connectivity index is 1.53. The Morgan fingerprint density at radius 2 is 1.93 bits per heavy atom. The number of pyridine rings is 1. The largest absolute Gasteiger partial charge is 0.376 e. The van der Waals surface area contributed by atoms with Crippen molar-refractivity contribution in [2.24, 2.45) is 0 Å². The van der Waals surface area contributed by atoms with Gasteiger partial charge in [0, 0.05) is 38.6 Å². The van der Waals surface area contributed by atoms with E-state index in [1.807, 2.05) is 41.4 Å². The van der Waals surface area contributed by atoms with Crippen LogP contribution in [0.1, 0.15) is 24.0 Å². The summed E-state index contributed by atoms with van der Waals surface area (Å²) >= 11 is 5.57. The average molecular weight is 399 g/mol. The van der Waals surface area contributed by atoms with Crippen LogP contribution in [-0.4, -0.2) is 46.7 Å². The van der Waals surface area contributed by atoms with Gasteiger partial charge in [-0.25, -0.2) is 0 Å². The van der Waals surface area contributed by atoms with Gasteiger partial charge in [0.1, 0.15) is 0 Å². The molecule has 0 spiro atoms. The van der Waals surface area contributed by atoms with Crippen molar-refractivity contribution in [1.29, 1.82) is 0 Å². The summed E-state index contributed by atoms with van der Waals surface area (Å²) in [5.41, 5.74) is 2.21. The zero-order chi connectivity index (χ0) is 19.6. The molecule has 6 nitrogen and oxygen atoms in total. The van der Waals surface area contributed by atoms with Gasteiger partial charge >= 0.3 is 0 Å². The van der Waals surface area contributed by atoms with Crippen molar-refractivity contribution in [3.05, 3.63) is 66.0 Å². The first-order chi connectivity index (χ1) is 13.7. The van der Waals surface area contributed by atoms with Gasteiger partial charge in [0.2, 0.25) is 5.91 Å². The van der Waals surface area contributed by atoms with Crippen LogP contribution in [0, 0.1) is 0 Å². The smallest absolute Gasteiger partial charge is 0.239 e. The second kappa shape index (κ2) is 10.7. The van der Waals surface area contributed by atoms with Crippen molar-refractivity contribution in [2.75, 3.05) is 19.7 Å². The first-order valence-electron chi connectivity index (χ1n) is 9.54. The van der Waals surface area contributed by atoms with Gasteiger partial charge in [-0.15, -0.1) is 0 Å². The van der Waals surface area contributed by atoms with Gasteiger partial charge in [0.05, 0.1) is 12.6 Å². The molecule has 0 bridgehead atoms. The van der Waals surface area contributed by atoms with Crippen LogP contribution in [0.25, 0.3) is 0 Å². The third-order valence-corrected chi connectivity index (χ3v) is 4.95. The van der Waals surface area contributed by atoms with Gasteiger partial charge in [0.15, 0.2) is 5.11 Å². The van der Waals surface area contributed by atoms with E-state index >= 15 is 0 Å². The summed E-state index contributed by atoms with van der Waals surface area (Å²) < 4.78 is 5.52. The Hall–Kier alpha value is -2.51. The lowest BCUT2D eigenvalue weighted by atomic mass is 10.2. The van der Waals surface area contributed by atoms with E-state index in [2.05, 4.69) is 27.8 Å². The summed E-state index contributed by atoms with van der Waals surface area (Å²) in [6, 6.07) is 14.1. The van der Waals surface area contributed by atoms with Crippen LogP contribution in [0.2, 0.25) is 0 Å². The Morgan fingerprint density at radius 3 is 2.64 bits per heavy atom. The van der Waals surface area contributed by atoms with Crippen LogP contribution >= 0.6 is 12.2 Å². The zero-order valence-corrected chi connectivity index (χ0v) is 16.7. The van der Waals surface area contributed by atoms with Crippen molar-refractivity contribution < 1.29 is 9.53 Å². The van der Waals surface area contributed by atoms with Gasteiger partial charge in [-0.3, -0.25) is 9.78 Å². The molecule has 3 rings (SSSR count). The third-order valence-electron chi connectivity index (χ3n) is 4.55. The molecule has 2 heterocycles. The molecule has 0 radical (unpaired) electrons. The van der Waals surface area contributed by atoms with Crippen LogP contribution in [-0.2, 0) is 22.6 Å². The minimum atomic E-state index is -0.0844. The molecule has 7 heteroatoms. The zero-order valence-electron chi connectivity index (χ0n) is 15.8. The molecule has 1 aromatic carbocycles. The summed E-state index contributed by atoms with van der Waals surface area (Å²) in [5, 5.41) is 6.53. The molecule has 1 saturated heterocycles. The molecule has 2 N–H and O–H groups in total. The Bertz CT molecular complexity index is 710. The van der Waals surface area contributed by atoms with Gasteiger partial charge < -0.3 is 20.3 Å². The van der Waals surface area contributed by atoms with E-state index in [-0.39, 0.29) is 18.6 Å². The van der Waals surface area contributed by atoms with E-state index in [4.69, 9.17) is 17.0 Å². The molecule has 1 amide bonds. The SMILES string of the molecule is O=C(CNC(=S)N(Cc1ccccc1)Cc1cccnc1)NC[C@H]1CCCO1. The number of nitrogens with zero attached hydrogens (tertiary/aromatic N) is 2. The van der Waals surface area contributed by atoms with Crippen molar-refractivity contribution in [2.45, 2.75) is 32.0 Å². The molecule has 0 saturated carbocycles. The number of nitrogens with one attached hydrogen (secondary N) is 2. The van der Waals surface area contributed by atoms with Crippen molar-refractivity contribution in [3.63, 3.8) is 0 Å². The van der Waals surface area contributed by atoms with E-state index in [1.54, 1.807) is 6.20 Å². The second-order valence-corrected chi connectivity index (χ2v) is 7.19. The summed E-state index contributed by atoms with van der Waals surface area (Å²) in [6.45, 7) is 2.75. The van der Waals surface area contributed by atoms with Gasteiger partial charge in [-0.1, -0.05) is 36.4 Å². The van der Waals surface area contributed by atoms with Crippen LogP contribution < -0.4 is 10.6 Å². The average Bonchev–Trinajstić information content (AvgIpc) is 3.25. The molecular formula is C21H26N4O2S. The maximum Gasteiger partial charge on any atom is 0.239 e. The molecule has 0 aliphatic carbocycles. The van der Waals surface area contributed by atoms with E-state index < -0.39 is 0 Å². The lowest BCUT2D eigenvalue weighted by Gasteiger charge is -2.26. The lowest BCUT2D eigenvalue weighted by molar-refractivity contribution is -0.120. The van der Waals surface area contributed by atoms with Crippen LogP contribution in [0.5, 0.6) is 0 Å². The number of amides is 1. The molecule has 0 unspecified atom stereocenters. The van der Waals surface area contributed by atoms with Crippen molar-refractivity contribution >= 4 is 23.2 Å². The number of benzene rings is 1. The van der Waals surface area contributed by atoms with Crippen LogP contribution in [0.4, 0.5) is 0 Å². The highest BCUT2D eigenvalue weighted by molar-refractivity contribution is 7.80. The maximum atomic E-state index is 12.1. The molecule has 148 valence electrons. The Kier molecular flexibility index (Phi) is 7.75. The quantitative estimate of drug-likeness (QED) is 0.665. The van der Waals surface area contributed by atoms with E-state index in [0.717, 1.165) is 30.6 Å². The van der Waals surface area contributed by atoms with Crippen molar-refractivity contribution in [3.8, 4) is 0 Å². The second-order valence-electron chi connectivity index (χ2n) is 6.80. The standard InChI is InChI=1S/C21H26N4O2S/c26-20(23-13-19-9-5-11-27-19)14-24-21(28)25(15-17-6-2-1-3-7-17)16-18-8-4-10-22-12-18/h1-4,6-8,10,12,19H,5,9,11,13-16H2,(H,23,26)(H,24,28)/t19-/m1/s1. The summed E-state index contributed by atoms with van der Waals surface area (Å²) in [5.74, 6) is -0.0844. The Morgan fingerprint density at radius 1 is 1.14 bits per heavy atom. The topological polar surface area (TPSA) is 66.5 Å². The predicted molar refractivity (Wildman–Crippen MR) is 113 cm³/mol. The first kappa shape index (κ1) is 20.2. The molecule has 1 fully saturated rings. The number of rotatable bonds is 8. The molecule has 2 aromatic rings. The fourth-order valence-corrected chi connectivity index (χ4v) is 3.28. The normalized spacial score (nSPS) is 15.8. The van der Waals surface area contributed by atoms with Crippen LogP contribution in [0.3, 0.4) is 0 Å². The Labute approximate surface area is 171 Å².